The molecule has 0 aliphatic carbocycles. The van der Waals surface area contributed by atoms with Gasteiger partial charge in [-0.1, -0.05) is 30.1 Å². The van der Waals surface area contributed by atoms with Crippen molar-refractivity contribution in [2.75, 3.05) is 13.4 Å². The van der Waals surface area contributed by atoms with Gasteiger partial charge in [0.25, 0.3) is 0 Å². The average molecular weight is 363 g/mol. The third-order valence-electron chi connectivity index (χ3n) is 3.95. The lowest BCUT2D eigenvalue weighted by molar-refractivity contribution is 0.212. The van der Waals surface area contributed by atoms with Gasteiger partial charge in [0.2, 0.25) is 0 Å². The first-order valence-electron chi connectivity index (χ1n) is 8.39. The maximum atomic E-state index is 11.5. The van der Waals surface area contributed by atoms with Crippen LogP contribution in [0, 0.1) is 0 Å². The Labute approximate surface area is 149 Å². The molecule has 0 saturated carbocycles. The molecule has 2 aromatic rings. The number of aryl methyl sites for hydroxylation is 1. The van der Waals surface area contributed by atoms with Crippen LogP contribution in [0.4, 0.5) is 0 Å². The normalized spacial score (nSPS) is 12.3. The molecule has 0 aliphatic rings. The van der Waals surface area contributed by atoms with Crippen LogP contribution in [-0.2, 0) is 21.1 Å². The second-order valence-corrected chi connectivity index (χ2v) is 7.98. The summed E-state index contributed by atoms with van der Waals surface area (Å²) in [5, 5.41) is 4.10. The van der Waals surface area contributed by atoms with Gasteiger partial charge in [0.1, 0.15) is 12.9 Å². The number of aromatic nitrogens is 2. The van der Waals surface area contributed by atoms with Crippen LogP contribution in [-0.4, -0.2) is 37.5 Å². The maximum Gasteiger partial charge on any atom is 0.175 e. The Hall–Kier alpha value is -2.15. The molecule has 7 heteroatoms. The first kappa shape index (κ1) is 19.2. The van der Waals surface area contributed by atoms with Crippen molar-refractivity contribution in [3.8, 4) is 0 Å². The lowest BCUT2D eigenvalue weighted by Crippen LogP contribution is -2.04. The highest BCUT2D eigenvalue weighted by Gasteiger charge is 2.09. The number of nitrogens with zero attached hydrogens (tertiary/aromatic N) is 2. The standard InChI is InChI=1S/C18H25N3O3S/c1-24-21-17(15-9-11-16(12-10-15)25(2,22)23)7-5-3-4-6-8-18-19-13-14-20-18/h9-14H,3-8H2,1-2H3,(H,19,20). The quantitative estimate of drug-likeness (QED) is 0.398. The van der Waals surface area contributed by atoms with Gasteiger partial charge in [-0.25, -0.2) is 13.4 Å². The number of hydrogen-bond donors (Lipinski definition) is 1. The van der Waals surface area contributed by atoms with Crippen LogP contribution in [0.1, 0.15) is 43.5 Å². The predicted molar refractivity (Wildman–Crippen MR) is 98.5 cm³/mol. The number of rotatable bonds is 10. The molecule has 0 unspecified atom stereocenters. The van der Waals surface area contributed by atoms with E-state index in [0.717, 1.165) is 55.6 Å². The number of unbranched alkanes of at least 4 members (excludes halogenated alkanes) is 3. The number of nitrogens with one attached hydrogen (secondary N) is 1. The number of imidazole rings is 1. The highest BCUT2D eigenvalue weighted by atomic mass is 32.2. The molecule has 0 bridgehead atoms. The van der Waals surface area contributed by atoms with Crippen molar-refractivity contribution in [2.45, 2.75) is 43.4 Å². The van der Waals surface area contributed by atoms with Gasteiger partial charge >= 0.3 is 0 Å². The van der Waals surface area contributed by atoms with Crippen LogP contribution in [0.3, 0.4) is 0 Å². The van der Waals surface area contributed by atoms with E-state index in [4.69, 9.17) is 4.84 Å². The van der Waals surface area contributed by atoms with Crippen molar-refractivity contribution < 1.29 is 13.3 Å². The van der Waals surface area contributed by atoms with E-state index in [2.05, 4.69) is 15.1 Å². The molecule has 25 heavy (non-hydrogen) atoms. The van der Waals surface area contributed by atoms with Crippen molar-refractivity contribution in [2.24, 2.45) is 5.16 Å². The summed E-state index contributed by atoms with van der Waals surface area (Å²) in [6.45, 7) is 0. The van der Waals surface area contributed by atoms with Gasteiger partial charge in [0, 0.05) is 25.1 Å². The molecule has 6 nitrogen and oxygen atoms in total. The number of hydrogen-bond acceptors (Lipinski definition) is 5. The predicted octanol–water partition coefficient (Wildman–Crippen LogP) is 3.36. The van der Waals surface area contributed by atoms with Gasteiger partial charge in [0.15, 0.2) is 9.84 Å². The summed E-state index contributed by atoms with van der Waals surface area (Å²) in [5.41, 5.74) is 1.73. The fraction of sp³-hybridized carbons (Fsp3) is 0.444. The zero-order valence-electron chi connectivity index (χ0n) is 14.7. The topological polar surface area (TPSA) is 84.4 Å². The number of oxime groups is 1. The molecule has 0 atom stereocenters. The summed E-state index contributed by atoms with van der Waals surface area (Å²) in [6, 6.07) is 6.79. The smallest absolute Gasteiger partial charge is 0.175 e. The summed E-state index contributed by atoms with van der Waals surface area (Å²) in [5.74, 6) is 1.03. The molecule has 0 amide bonds. The van der Waals surface area contributed by atoms with Crippen LogP contribution in [0.2, 0.25) is 0 Å². The summed E-state index contributed by atoms with van der Waals surface area (Å²) < 4.78 is 23.1. The molecule has 2 rings (SSSR count). The Morgan fingerprint density at radius 3 is 2.48 bits per heavy atom. The minimum Gasteiger partial charge on any atom is -0.399 e. The third-order valence-corrected chi connectivity index (χ3v) is 5.08. The van der Waals surface area contributed by atoms with Gasteiger partial charge in [-0.15, -0.1) is 0 Å². The summed E-state index contributed by atoms with van der Waals surface area (Å²) in [7, 11) is -1.66. The second-order valence-electron chi connectivity index (χ2n) is 5.97. The molecule has 136 valence electrons. The van der Waals surface area contributed by atoms with Crippen molar-refractivity contribution in [1.29, 1.82) is 0 Å². The first-order valence-corrected chi connectivity index (χ1v) is 10.3. The lowest BCUT2D eigenvalue weighted by Gasteiger charge is -2.07. The monoisotopic (exact) mass is 363 g/mol. The van der Waals surface area contributed by atoms with Crippen molar-refractivity contribution in [3.05, 3.63) is 48.0 Å². The Balaban J connectivity index is 1.81. The van der Waals surface area contributed by atoms with Gasteiger partial charge in [-0.05, 0) is 37.0 Å². The maximum absolute atomic E-state index is 11.5. The number of benzene rings is 1. The fourth-order valence-corrected chi connectivity index (χ4v) is 3.25. The fourth-order valence-electron chi connectivity index (χ4n) is 2.62. The minimum atomic E-state index is -3.18. The van der Waals surface area contributed by atoms with Crippen molar-refractivity contribution in [3.63, 3.8) is 0 Å². The highest BCUT2D eigenvalue weighted by molar-refractivity contribution is 7.90. The molecule has 1 N–H and O–H groups in total. The van der Waals surface area contributed by atoms with E-state index in [0.29, 0.717) is 4.90 Å². The van der Waals surface area contributed by atoms with Crippen LogP contribution < -0.4 is 0 Å². The van der Waals surface area contributed by atoms with Gasteiger partial charge < -0.3 is 9.82 Å². The summed E-state index contributed by atoms with van der Waals surface area (Å²) in [6.07, 6.45) is 10.9. The molecule has 1 heterocycles. The highest BCUT2D eigenvalue weighted by Crippen LogP contribution is 2.15. The first-order chi connectivity index (χ1) is 12.0. The lowest BCUT2D eigenvalue weighted by atomic mass is 10.0. The molecular formula is C18H25N3O3S. The van der Waals surface area contributed by atoms with Gasteiger partial charge in [-0.3, -0.25) is 0 Å². The Kier molecular flexibility index (Phi) is 7.18. The Morgan fingerprint density at radius 2 is 1.88 bits per heavy atom. The van der Waals surface area contributed by atoms with Crippen LogP contribution >= 0.6 is 0 Å². The minimum absolute atomic E-state index is 0.311. The SMILES string of the molecule is CON=C(CCCCCCc1ncc[nH]1)c1ccc(S(C)(=O)=O)cc1. The zero-order chi connectivity index (χ0) is 18.1. The number of sulfone groups is 1. The number of H-pyrrole nitrogens is 1. The number of aromatic amines is 1. The second kappa shape index (κ2) is 9.36. The van der Waals surface area contributed by atoms with E-state index < -0.39 is 9.84 Å². The van der Waals surface area contributed by atoms with E-state index in [1.807, 2.05) is 6.20 Å². The molecule has 0 fully saturated rings. The Bertz CT molecular complexity index is 766. The summed E-state index contributed by atoms with van der Waals surface area (Å²) in [4.78, 5) is 12.6. The van der Waals surface area contributed by atoms with Gasteiger partial charge in [0.05, 0.1) is 10.6 Å². The molecule has 1 aromatic carbocycles. The van der Waals surface area contributed by atoms with E-state index in [1.165, 1.54) is 13.4 Å². The van der Waals surface area contributed by atoms with E-state index in [1.54, 1.807) is 30.5 Å². The molecule has 0 spiro atoms. The molecule has 0 saturated heterocycles. The largest absolute Gasteiger partial charge is 0.399 e. The molecule has 1 aromatic heterocycles. The Morgan fingerprint density at radius 1 is 1.16 bits per heavy atom. The van der Waals surface area contributed by atoms with Crippen LogP contribution in [0.5, 0.6) is 0 Å². The van der Waals surface area contributed by atoms with E-state index >= 15 is 0 Å². The van der Waals surface area contributed by atoms with Crippen molar-refractivity contribution >= 4 is 15.5 Å². The van der Waals surface area contributed by atoms with Crippen LogP contribution in [0.15, 0.2) is 46.7 Å². The molecular weight excluding hydrogens is 338 g/mol. The zero-order valence-corrected chi connectivity index (χ0v) is 15.6. The van der Waals surface area contributed by atoms with Gasteiger partial charge in [-0.2, -0.15) is 0 Å². The molecule has 0 aliphatic heterocycles. The van der Waals surface area contributed by atoms with Crippen molar-refractivity contribution in [1.82, 2.24) is 9.97 Å². The van der Waals surface area contributed by atoms with Crippen LogP contribution in [0.25, 0.3) is 0 Å². The summed E-state index contributed by atoms with van der Waals surface area (Å²) >= 11 is 0. The van der Waals surface area contributed by atoms with E-state index in [-0.39, 0.29) is 0 Å². The van der Waals surface area contributed by atoms with E-state index in [9.17, 15) is 8.42 Å². The molecule has 0 radical (unpaired) electrons. The average Bonchev–Trinajstić information content (AvgIpc) is 3.10. The third kappa shape index (κ3) is 6.34.